The van der Waals surface area contributed by atoms with Crippen LogP contribution in [0.15, 0.2) is 29.2 Å². The van der Waals surface area contributed by atoms with Gasteiger partial charge >= 0.3 is 12.1 Å². The van der Waals surface area contributed by atoms with Crippen LogP contribution >= 0.6 is 0 Å². The van der Waals surface area contributed by atoms with Gasteiger partial charge in [-0.1, -0.05) is 18.2 Å². The van der Waals surface area contributed by atoms with Crippen LogP contribution in [0.4, 0.5) is 4.79 Å². The van der Waals surface area contributed by atoms with Crippen molar-refractivity contribution in [2.75, 3.05) is 6.54 Å². The summed E-state index contributed by atoms with van der Waals surface area (Å²) in [5.41, 5.74) is -1.78. The first kappa shape index (κ1) is 22.2. The molecule has 28 heavy (non-hydrogen) atoms. The molecule has 0 saturated carbocycles. The van der Waals surface area contributed by atoms with E-state index in [9.17, 15) is 23.1 Å². The van der Waals surface area contributed by atoms with Crippen molar-refractivity contribution in [3.63, 3.8) is 0 Å². The second-order valence-corrected chi connectivity index (χ2v) is 11.2. The van der Waals surface area contributed by atoms with Gasteiger partial charge in [-0.15, -0.1) is 0 Å². The van der Waals surface area contributed by atoms with Gasteiger partial charge in [-0.3, -0.25) is 9.69 Å². The van der Waals surface area contributed by atoms with Gasteiger partial charge in [-0.25, -0.2) is 13.2 Å². The zero-order valence-corrected chi connectivity index (χ0v) is 18.0. The summed E-state index contributed by atoms with van der Waals surface area (Å²) in [4.78, 5) is 26.3. The van der Waals surface area contributed by atoms with Gasteiger partial charge in [0.2, 0.25) is 0 Å². The fourth-order valence-corrected chi connectivity index (χ4v) is 4.72. The molecule has 8 heteroatoms. The summed E-state index contributed by atoms with van der Waals surface area (Å²) in [5.74, 6) is -1.08. The molecule has 1 heterocycles. The fraction of sp³-hybridized carbons (Fsp3) is 0.600. The number of amides is 1. The summed E-state index contributed by atoms with van der Waals surface area (Å²) in [6, 6.07) is 5.36. The molecule has 1 aromatic rings. The van der Waals surface area contributed by atoms with Crippen molar-refractivity contribution in [3.05, 3.63) is 29.8 Å². The molecule has 0 aliphatic carbocycles. The molecule has 2 rings (SSSR count). The molecule has 0 unspecified atom stereocenters. The van der Waals surface area contributed by atoms with E-state index in [1.807, 2.05) is 0 Å². The quantitative estimate of drug-likeness (QED) is 0.812. The van der Waals surface area contributed by atoms with Crippen LogP contribution in [0.2, 0.25) is 0 Å². The molecule has 1 amide bonds. The Labute approximate surface area is 166 Å². The van der Waals surface area contributed by atoms with E-state index < -0.39 is 44.2 Å². The van der Waals surface area contributed by atoms with Crippen molar-refractivity contribution in [1.29, 1.82) is 0 Å². The Morgan fingerprint density at radius 3 is 2.32 bits per heavy atom. The highest BCUT2D eigenvalue weighted by molar-refractivity contribution is 7.92. The van der Waals surface area contributed by atoms with Gasteiger partial charge in [0, 0.05) is 6.54 Å². The Morgan fingerprint density at radius 2 is 1.82 bits per heavy atom. The predicted octanol–water partition coefficient (Wildman–Crippen LogP) is 3.64. The highest BCUT2D eigenvalue weighted by Gasteiger charge is 2.54. The van der Waals surface area contributed by atoms with Crippen LogP contribution in [0.3, 0.4) is 0 Å². The lowest BCUT2D eigenvalue weighted by atomic mass is 9.79. The van der Waals surface area contributed by atoms with E-state index in [0.29, 0.717) is 5.56 Å². The van der Waals surface area contributed by atoms with E-state index in [1.165, 1.54) is 11.0 Å². The van der Waals surface area contributed by atoms with Crippen LogP contribution in [-0.2, 0) is 19.4 Å². The number of ether oxygens (including phenoxy) is 1. The summed E-state index contributed by atoms with van der Waals surface area (Å²) >= 11 is 0. The third kappa shape index (κ3) is 4.01. The minimum atomic E-state index is -3.68. The normalized spacial score (nSPS) is 23.1. The number of aliphatic carboxylic acids is 1. The van der Waals surface area contributed by atoms with Gasteiger partial charge in [0.25, 0.3) is 0 Å². The Morgan fingerprint density at radius 1 is 1.25 bits per heavy atom. The summed E-state index contributed by atoms with van der Waals surface area (Å²) in [5, 5.41) is 9.23. The molecule has 1 saturated heterocycles. The van der Waals surface area contributed by atoms with Gasteiger partial charge in [0.15, 0.2) is 9.84 Å². The number of carbonyl (C=O) groups is 2. The molecule has 1 aliphatic heterocycles. The molecule has 1 aromatic carbocycles. The molecule has 156 valence electrons. The van der Waals surface area contributed by atoms with Crippen molar-refractivity contribution in [2.45, 2.75) is 69.8 Å². The van der Waals surface area contributed by atoms with Gasteiger partial charge in [-0.05, 0) is 59.6 Å². The van der Waals surface area contributed by atoms with Crippen LogP contribution in [0.5, 0.6) is 0 Å². The summed E-state index contributed by atoms with van der Waals surface area (Å²) < 4.78 is 31.3. The van der Waals surface area contributed by atoms with Crippen LogP contribution in [0.1, 0.15) is 59.6 Å². The highest BCUT2D eigenvalue weighted by Crippen LogP contribution is 2.49. The van der Waals surface area contributed by atoms with Crippen molar-refractivity contribution in [1.82, 2.24) is 4.90 Å². The van der Waals surface area contributed by atoms with Crippen molar-refractivity contribution >= 4 is 21.9 Å². The number of sulfone groups is 1. The molecule has 1 aliphatic rings. The number of rotatable bonds is 4. The lowest BCUT2D eigenvalue weighted by Crippen LogP contribution is -2.41. The lowest BCUT2D eigenvalue weighted by Gasteiger charge is -2.35. The summed E-state index contributed by atoms with van der Waals surface area (Å²) in [7, 11) is -3.68. The lowest BCUT2D eigenvalue weighted by molar-refractivity contribution is -0.149. The van der Waals surface area contributed by atoms with E-state index in [-0.39, 0.29) is 17.9 Å². The first-order valence-corrected chi connectivity index (χ1v) is 10.8. The average molecular weight is 412 g/mol. The SMILES string of the molecule is CC(C)S(=O)(=O)c1ccccc1[C@H]1N(C(=O)OC(C)(C)C)CC[C@@]1(C)C(=O)O. The van der Waals surface area contributed by atoms with E-state index >= 15 is 0 Å². The number of hydrogen-bond donors (Lipinski definition) is 1. The number of hydrogen-bond acceptors (Lipinski definition) is 5. The molecule has 7 nitrogen and oxygen atoms in total. The Kier molecular flexibility index (Phi) is 5.86. The standard InChI is InChI=1S/C20H29NO6S/c1-13(2)28(25,26)15-10-8-7-9-14(15)16-20(6,17(22)23)11-12-21(16)18(24)27-19(3,4)5/h7-10,13,16H,11-12H2,1-6H3,(H,22,23)/t16-,20-/m1/s1. The Balaban J connectivity index is 2.66. The molecule has 1 fully saturated rings. The second kappa shape index (κ2) is 7.39. The van der Waals surface area contributed by atoms with Crippen molar-refractivity contribution in [2.24, 2.45) is 5.41 Å². The van der Waals surface area contributed by atoms with E-state index in [4.69, 9.17) is 4.74 Å². The van der Waals surface area contributed by atoms with Crippen LogP contribution < -0.4 is 0 Å². The molecule has 0 radical (unpaired) electrons. The van der Waals surface area contributed by atoms with E-state index in [2.05, 4.69) is 0 Å². The number of benzene rings is 1. The smallest absolute Gasteiger partial charge is 0.410 e. The number of carboxylic acids is 1. The first-order valence-electron chi connectivity index (χ1n) is 9.27. The average Bonchev–Trinajstić information content (AvgIpc) is 2.92. The Bertz CT molecular complexity index is 871. The number of carboxylic acid groups (broad SMARTS) is 1. The largest absolute Gasteiger partial charge is 0.481 e. The molecule has 0 spiro atoms. The monoisotopic (exact) mass is 411 g/mol. The molecule has 0 bridgehead atoms. The van der Waals surface area contributed by atoms with Crippen LogP contribution in [0, 0.1) is 5.41 Å². The summed E-state index contributed by atoms with van der Waals surface area (Å²) in [6.07, 6.45) is -0.457. The highest BCUT2D eigenvalue weighted by atomic mass is 32.2. The van der Waals surface area contributed by atoms with Crippen molar-refractivity contribution in [3.8, 4) is 0 Å². The molecule has 1 N–H and O–H groups in total. The third-order valence-electron chi connectivity index (χ3n) is 5.04. The maximum absolute atomic E-state index is 12.9. The first-order chi connectivity index (χ1) is 12.7. The van der Waals surface area contributed by atoms with Gasteiger partial charge < -0.3 is 9.84 Å². The molecule has 2 atom stereocenters. The number of nitrogens with zero attached hydrogens (tertiary/aromatic N) is 1. The number of likely N-dealkylation sites (tertiary alicyclic amines) is 1. The molecule has 0 aromatic heterocycles. The predicted molar refractivity (Wildman–Crippen MR) is 105 cm³/mol. The zero-order chi connectivity index (χ0) is 21.5. The molecular formula is C20H29NO6S. The number of carbonyl (C=O) groups excluding carboxylic acids is 1. The Hall–Kier alpha value is -2.09. The van der Waals surface area contributed by atoms with E-state index in [1.54, 1.807) is 59.7 Å². The maximum atomic E-state index is 12.9. The van der Waals surface area contributed by atoms with Crippen LogP contribution in [0.25, 0.3) is 0 Å². The topological polar surface area (TPSA) is 101 Å². The van der Waals surface area contributed by atoms with Gasteiger partial charge in [0.05, 0.1) is 21.6 Å². The third-order valence-corrected chi connectivity index (χ3v) is 7.27. The fourth-order valence-electron chi connectivity index (χ4n) is 3.43. The zero-order valence-electron chi connectivity index (χ0n) is 17.2. The van der Waals surface area contributed by atoms with Gasteiger partial charge in [0.1, 0.15) is 5.60 Å². The minimum absolute atomic E-state index is 0.0536. The second-order valence-electron chi connectivity index (χ2n) is 8.68. The van der Waals surface area contributed by atoms with E-state index in [0.717, 1.165) is 0 Å². The minimum Gasteiger partial charge on any atom is -0.481 e. The van der Waals surface area contributed by atoms with Crippen LogP contribution in [-0.4, -0.2) is 47.9 Å². The van der Waals surface area contributed by atoms with Gasteiger partial charge in [-0.2, -0.15) is 0 Å². The maximum Gasteiger partial charge on any atom is 0.410 e. The molecular weight excluding hydrogens is 382 g/mol. The van der Waals surface area contributed by atoms with Crippen molar-refractivity contribution < 1.29 is 27.9 Å². The summed E-state index contributed by atoms with van der Waals surface area (Å²) in [6.45, 7) is 10.0.